The van der Waals surface area contributed by atoms with Gasteiger partial charge < -0.3 is 9.84 Å². The number of aromatic nitrogens is 1. The molecule has 2 rings (SSSR count). The number of hydrogen-bond acceptors (Lipinski definition) is 3. The maximum atomic E-state index is 9.94. The summed E-state index contributed by atoms with van der Waals surface area (Å²) < 4.78 is 5.62. The second-order valence-electron chi connectivity index (χ2n) is 4.35. The fraction of sp³-hybridized carbons (Fsp3) is 0.267. The van der Waals surface area contributed by atoms with Crippen molar-refractivity contribution in [1.29, 1.82) is 0 Å². The predicted octanol–water partition coefficient (Wildman–Crippen LogP) is 2.81. The van der Waals surface area contributed by atoms with E-state index in [2.05, 4.69) is 11.1 Å². The van der Waals surface area contributed by atoms with Crippen LogP contribution in [0.25, 0.3) is 0 Å². The molecule has 0 aliphatic rings. The first-order valence-corrected chi connectivity index (χ1v) is 5.96. The minimum Gasteiger partial charge on any atom is -0.490 e. The van der Waals surface area contributed by atoms with E-state index in [9.17, 15) is 5.11 Å². The Morgan fingerprint density at radius 1 is 1.22 bits per heavy atom. The Labute approximate surface area is 107 Å². The predicted molar refractivity (Wildman–Crippen MR) is 70.6 cm³/mol. The minimum atomic E-state index is -0.702. The maximum absolute atomic E-state index is 9.94. The Bertz CT molecular complexity index is 511. The van der Waals surface area contributed by atoms with Gasteiger partial charge in [-0.1, -0.05) is 23.8 Å². The van der Waals surface area contributed by atoms with Gasteiger partial charge in [0, 0.05) is 6.20 Å². The lowest BCUT2D eigenvalue weighted by atomic mass is 10.1. The van der Waals surface area contributed by atoms with Crippen molar-refractivity contribution in [1.82, 2.24) is 4.98 Å². The number of aryl methyl sites for hydroxylation is 2. The standard InChI is InChI=1S/C15H17NO2/c1-11-6-7-15(12(2)9-11)18-10-14(17)13-5-3-4-8-16-13/h3-9,14,17H,10H2,1-2H3. The van der Waals surface area contributed by atoms with Crippen molar-refractivity contribution in [3.63, 3.8) is 0 Å². The van der Waals surface area contributed by atoms with Crippen LogP contribution in [-0.2, 0) is 0 Å². The van der Waals surface area contributed by atoms with Crippen LogP contribution in [0.2, 0.25) is 0 Å². The minimum absolute atomic E-state index is 0.209. The molecule has 18 heavy (non-hydrogen) atoms. The summed E-state index contributed by atoms with van der Waals surface area (Å²) in [5.41, 5.74) is 2.90. The zero-order valence-corrected chi connectivity index (χ0v) is 10.6. The highest BCUT2D eigenvalue weighted by atomic mass is 16.5. The van der Waals surface area contributed by atoms with E-state index in [1.165, 1.54) is 5.56 Å². The van der Waals surface area contributed by atoms with Crippen LogP contribution >= 0.6 is 0 Å². The highest BCUT2D eigenvalue weighted by Crippen LogP contribution is 2.20. The van der Waals surface area contributed by atoms with E-state index in [4.69, 9.17) is 4.74 Å². The first kappa shape index (κ1) is 12.6. The summed E-state index contributed by atoms with van der Waals surface area (Å²) in [4.78, 5) is 4.10. The third-order valence-electron chi connectivity index (χ3n) is 2.76. The topological polar surface area (TPSA) is 42.4 Å². The molecule has 1 atom stereocenters. The van der Waals surface area contributed by atoms with Gasteiger partial charge in [-0.15, -0.1) is 0 Å². The van der Waals surface area contributed by atoms with Crippen molar-refractivity contribution in [3.05, 3.63) is 59.4 Å². The van der Waals surface area contributed by atoms with Gasteiger partial charge in [0.15, 0.2) is 0 Å². The van der Waals surface area contributed by atoms with Gasteiger partial charge in [-0.25, -0.2) is 0 Å². The van der Waals surface area contributed by atoms with Gasteiger partial charge in [-0.3, -0.25) is 4.98 Å². The average molecular weight is 243 g/mol. The molecule has 2 aromatic rings. The van der Waals surface area contributed by atoms with Crippen LogP contribution in [0.4, 0.5) is 0 Å². The quantitative estimate of drug-likeness (QED) is 0.897. The Morgan fingerprint density at radius 3 is 2.72 bits per heavy atom. The van der Waals surface area contributed by atoms with E-state index in [1.54, 1.807) is 12.3 Å². The van der Waals surface area contributed by atoms with E-state index >= 15 is 0 Å². The van der Waals surface area contributed by atoms with Crippen LogP contribution in [0.15, 0.2) is 42.6 Å². The molecule has 0 aliphatic heterocycles. The molecule has 1 unspecified atom stereocenters. The summed E-state index contributed by atoms with van der Waals surface area (Å²) in [7, 11) is 0. The fourth-order valence-corrected chi connectivity index (χ4v) is 1.79. The average Bonchev–Trinajstić information content (AvgIpc) is 2.38. The van der Waals surface area contributed by atoms with Crippen LogP contribution in [0, 0.1) is 13.8 Å². The zero-order valence-electron chi connectivity index (χ0n) is 10.6. The van der Waals surface area contributed by atoms with Crippen molar-refractivity contribution in [2.45, 2.75) is 20.0 Å². The van der Waals surface area contributed by atoms with Crippen LogP contribution in [0.1, 0.15) is 22.9 Å². The molecule has 0 saturated heterocycles. The van der Waals surface area contributed by atoms with Crippen molar-refractivity contribution in [2.24, 2.45) is 0 Å². The highest BCUT2D eigenvalue weighted by molar-refractivity contribution is 5.35. The molecule has 0 saturated carbocycles. The second kappa shape index (κ2) is 5.65. The molecule has 1 aromatic heterocycles. The first-order valence-electron chi connectivity index (χ1n) is 5.96. The molecule has 0 fully saturated rings. The Morgan fingerprint density at radius 2 is 2.06 bits per heavy atom. The van der Waals surface area contributed by atoms with Crippen molar-refractivity contribution in [3.8, 4) is 5.75 Å². The van der Waals surface area contributed by atoms with E-state index in [-0.39, 0.29) is 6.61 Å². The normalized spacial score (nSPS) is 12.2. The molecule has 1 N–H and O–H groups in total. The Kier molecular flexibility index (Phi) is 3.95. The van der Waals surface area contributed by atoms with Crippen LogP contribution in [0.5, 0.6) is 5.75 Å². The third kappa shape index (κ3) is 3.08. The molecule has 3 heteroatoms. The molecular weight excluding hydrogens is 226 g/mol. The number of pyridine rings is 1. The van der Waals surface area contributed by atoms with Crippen LogP contribution in [0.3, 0.4) is 0 Å². The van der Waals surface area contributed by atoms with E-state index in [1.807, 2.05) is 38.1 Å². The Hall–Kier alpha value is -1.87. The molecule has 1 aromatic carbocycles. The number of ether oxygens (including phenoxy) is 1. The van der Waals surface area contributed by atoms with E-state index in [0.717, 1.165) is 11.3 Å². The van der Waals surface area contributed by atoms with Gasteiger partial charge in [-0.05, 0) is 37.6 Å². The number of aliphatic hydroxyl groups excluding tert-OH is 1. The summed E-state index contributed by atoms with van der Waals surface area (Å²) in [6, 6.07) is 11.4. The summed E-state index contributed by atoms with van der Waals surface area (Å²) in [6.07, 6.45) is 0.960. The molecule has 3 nitrogen and oxygen atoms in total. The van der Waals surface area contributed by atoms with Crippen LogP contribution in [-0.4, -0.2) is 16.7 Å². The second-order valence-corrected chi connectivity index (χ2v) is 4.35. The van der Waals surface area contributed by atoms with Crippen molar-refractivity contribution >= 4 is 0 Å². The van der Waals surface area contributed by atoms with Crippen molar-refractivity contribution in [2.75, 3.05) is 6.61 Å². The molecular formula is C15H17NO2. The number of hydrogen-bond donors (Lipinski definition) is 1. The highest BCUT2D eigenvalue weighted by Gasteiger charge is 2.10. The SMILES string of the molecule is Cc1ccc(OCC(O)c2ccccn2)c(C)c1. The molecule has 0 amide bonds. The number of nitrogens with zero attached hydrogens (tertiary/aromatic N) is 1. The lowest BCUT2D eigenvalue weighted by Crippen LogP contribution is -2.11. The van der Waals surface area contributed by atoms with Gasteiger partial charge in [0.05, 0.1) is 5.69 Å². The molecule has 0 spiro atoms. The first-order chi connectivity index (χ1) is 8.66. The van der Waals surface area contributed by atoms with Crippen LogP contribution < -0.4 is 4.74 Å². The number of benzene rings is 1. The molecule has 94 valence electrons. The lowest BCUT2D eigenvalue weighted by Gasteiger charge is -2.13. The number of aliphatic hydroxyl groups is 1. The van der Waals surface area contributed by atoms with Gasteiger partial charge in [0.1, 0.15) is 18.5 Å². The largest absolute Gasteiger partial charge is 0.490 e. The van der Waals surface area contributed by atoms with Crippen molar-refractivity contribution < 1.29 is 9.84 Å². The molecule has 0 aliphatic carbocycles. The monoisotopic (exact) mass is 243 g/mol. The van der Waals surface area contributed by atoms with E-state index < -0.39 is 6.10 Å². The number of rotatable bonds is 4. The lowest BCUT2D eigenvalue weighted by molar-refractivity contribution is 0.104. The summed E-state index contributed by atoms with van der Waals surface area (Å²) >= 11 is 0. The fourth-order valence-electron chi connectivity index (χ4n) is 1.79. The van der Waals surface area contributed by atoms with Gasteiger partial charge in [0.2, 0.25) is 0 Å². The molecule has 1 heterocycles. The summed E-state index contributed by atoms with van der Waals surface area (Å²) in [5.74, 6) is 0.801. The third-order valence-corrected chi connectivity index (χ3v) is 2.76. The summed E-state index contributed by atoms with van der Waals surface area (Å²) in [6.45, 7) is 4.25. The smallest absolute Gasteiger partial charge is 0.130 e. The van der Waals surface area contributed by atoms with Gasteiger partial charge >= 0.3 is 0 Å². The van der Waals surface area contributed by atoms with Gasteiger partial charge in [0.25, 0.3) is 0 Å². The maximum Gasteiger partial charge on any atom is 0.130 e. The molecule has 0 bridgehead atoms. The summed E-state index contributed by atoms with van der Waals surface area (Å²) in [5, 5.41) is 9.94. The molecule has 0 radical (unpaired) electrons. The zero-order chi connectivity index (χ0) is 13.0. The van der Waals surface area contributed by atoms with E-state index in [0.29, 0.717) is 5.69 Å². The Balaban J connectivity index is 1.99. The van der Waals surface area contributed by atoms with Gasteiger partial charge in [-0.2, -0.15) is 0 Å².